The molecule has 0 aromatic rings. The van der Waals surface area contributed by atoms with Crippen molar-refractivity contribution >= 4 is 0 Å². The molecule has 0 N–H and O–H groups in total. The van der Waals surface area contributed by atoms with Gasteiger partial charge in [-0.15, -0.1) is 0 Å². The zero-order chi connectivity index (χ0) is 35.2. The summed E-state index contributed by atoms with van der Waals surface area (Å²) in [5.74, 6) is 0. The predicted octanol–water partition coefficient (Wildman–Crippen LogP) is 7.87. The van der Waals surface area contributed by atoms with Gasteiger partial charge in [-0.25, -0.2) is 0 Å². The maximum Gasteiger partial charge on any atom is 0.186 e. The van der Waals surface area contributed by atoms with E-state index in [1.807, 2.05) is 0 Å². The van der Waals surface area contributed by atoms with E-state index in [2.05, 4.69) is 48.5 Å². The molecular formula is C38H76O10. The SMILES string of the molecule is CCCCOCC[C@H](OCC1O[C@H](OC)C(OCCCC)C(OCCCC)[C@@H]1OCCCC)OC(COCCCC)[C@H](C)OCCCC. The van der Waals surface area contributed by atoms with Gasteiger partial charge in [-0.05, 0) is 45.4 Å². The van der Waals surface area contributed by atoms with Gasteiger partial charge in [0.05, 0.1) is 25.9 Å². The fourth-order valence-corrected chi connectivity index (χ4v) is 5.23. The van der Waals surface area contributed by atoms with Crippen LogP contribution >= 0.6 is 0 Å². The fraction of sp³-hybridized carbons (Fsp3) is 1.00. The molecule has 10 heteroatoms. The Balaban J connectivity index is 3.22. The van der Waals surface area contributed by atoms with Crippen molar-refractivity contribution < 1.29 is 47.4 Å². The first-order chi connectivity index (χ1) is 23.5. The summed E-state index contributed by atoms with van der Waals surface area (Å²) >= 11 is 0. The summed E-state index contributed by atoms with van der Waals surface area (Å²) in [4.78, 5) is 0. The Kier molecular flexibility index (Phi) is 29.8. The second-order valence-electron chi connectivity index (χ2n) is 12.9. The van der Waals surface area contributed by atoms with Crippen LogP contribution in [0.25, 0.3) is 0 Å². The van der Waals surface area contributed by atoms with Crippen LogP contribution < -0.4 is 0 Å². The minimum atomic E-state index is -0.614. The van der Waals surface area contributed by atoms with E-state index in [4.69, 9.17) is 47.4 Å². The second-order valence-corrected chi connectivity index (χ2v) is 12.9. The summed E-state index contributed by atoms with van der Waals surface area (Å²) < 4.78 is 63.3. The van der Waals surface area contributed by atoms with Gasteiger partial charge in [-0.1, -0.05) is 80.1 Å². The van der Waals surface area contributed by atoms with Crippen LogP contribution in [0.15, 0.2) is 0 Å². The quantitative estimate of drug-likeness (QED) is 0.0490. The van der Waals surface area contributed by atoms with Crippen LogP contribution in [0.2, 0.25) is 0 Å². The van der Waals surface area contributed by atoms with Gasteiger partial charge in [0.1, 0.15) is 30.5 Å². The van der Waals surface area contributed by atoms with E-state index in [-0.39, 0.29) is 24.9 Å². The topological polar surface area (TPSA) is 92.3 Å². The molecule has 1 aliphatic rings. The standard InChI is InChI=1S/C38H76O10/c1-9-15-22-40-28-21-34(47-32(29-41-23-16-10-2)31(7)42-24-17-11-3)46-30-33-35(43-25-18-12-4)36(44-26-19-13-5)37(38(39-8)48-33)45-27-20-14-6/h31-38H,9-30H2,1-8H3/t31-,32?,33?,34+,35+,36?,37?,38-/m0/s1. The summed E-state index contributed by atoms with van der Waals surface area (Å²) in [7, 11) is 1.66. The van der Waals surface area contributed by atoms with E-state index in [1.54, 1.807) is 7.11 Å². The Morgan fingerprint density at radius 1 is 0.562 bits per heavy atom. The number of hydrogen-bond donors (Lipinski definition) is 0. The van der Waals surface area contributed by atoms with Crippen molar-refractivity contribution in [3.05, 3.63) is 0 Å². The van der Waals surface area contributed by atoms with Gasteiger partial charge in [-0.2, -0.15) is 0 Å². The molecule has 1 aliphatic heterocycles. The van der Waals surface area contributed by atoms with Crippen molar-refractivity contribution in [2.45, 2.75) is 181 Å². The van der Waals surface area contributed by atoms with Gasteiger partial charge in [0, 0.05) is 53.2 Å². The highest BCUT2D eigenvalue weighted by Gasteiger charge is 2.48. The van der Waals surface area contributed by atoms with Crippen LogP contribution in [0.1, 0.15) is 132 Å². The minimum absolute atomic E-state index is 0.156. The molecule has 0 aromatic carbocycles. The molecule has 0 amide bonds. The molecular weight excluding hydrogens is 616 g/mol. The van der Waals surface area contributed by atoms with E-state index in [9.17, 15) is 0 Å². The zero-order valence-electron chi connectivity index (χ0n) is 32.3. The van der Waals surface area contributed by atoms with Crippen LogP contribution in [0.4, 0.5) is 0 Å². The largest absolute Gasteiger partial charge is 0.381 e. The Morgan fingerprint density at radius 2 is 1.08 bits per heavy atom. The van der Waals surface area contributed by atoms with Crippen molar-refractivity contribution in [1.82, 2.24) is 0 Å². The second kappa shape index (κ2) is 31.3. The Bertz CT molecular complexity index is 686. The van der Waals surface area contributed by atoms with E-state index in [0.717, 1.165) is 77.0 Å². The molecule has 0 saturated carbocycles. The third-order valence-electron chi connectivity index (χ3n) is 8.49. The normalized spacial score (nSPS) is 23.4. The van der Waals surface area contributed by atoms with E-state index >= 15 is 0 Å². The van der Waals surface area contributed by atoms with Crippen molar-refractivity contribution in [2.75, 3.05) is 66.6 Å². The molecule has 1 fully saturated rings. The van der Waals surface area contributed by atoms with Crippen LogP contribution in [0, 0.1) is 0 Å². The van der Waals surface area contributed by atoms with Crippen LogP contribution in [-0.4, -0.2) is 116 Å². The highest BCUT2D eigenvalue weighted by atomic mass is 16.7. The van der Waals surface area contributed by atoms with Gasteiger partial charge in [-0.3, -0.25) is 0 Å². The number of rotatable bonds is 34. The molecule has 0 spiro atoms. The molecule has 0 radical (unpaired) electrons. The molecule has 0 aliphatic carbocycles. The molecule has 8 atom stereocenters. The zero-order valence-corrected chi connectivity index (χ0v) is 32.3. The summed E-state index contributed by atoms with van der Waals surface area (Å²) in [6.45, 7) is 20.1. The van der Waals surface area contributed by atoms with Gasteiger partial charge in [0.2, 0.25) is 0 Å². The van der Waals surface area contributed by atoms with Crippen molar-refractivity contribution in [3.8, 4) is 0 Å². The van der Waals surface area contributed by atoms with Crippen LogP contribution in [-0.2, 0) is 47.4 Å². The van der Waals surface area contributed by atoms with Crippen molar-refractivity contribution in [2.24, 2.45) is 0 Å². The fourth-order valence-electron chi connectivity index (χ4n) is 5.23. The minimum Gasteiger partial charge on any atom is -0.381 e. The Hall–Kier alpha value is -0.400. The monoisotopic (exact) mass is 693 g/mol. The lowest BCUT2D eigenvalue weighted by Gasteiger charge is -2.45. The molecule has 48 heavy (non-hydrogen) atoms. The summed E-state index contributed by atoms with van der Waals surface area (Å²) in [5, 5.41) is 0. The molecule has 1 saturated heterocycles. The van der Waals surface area contributed by atoms with Gasteiger partial charge in [0.25, 0.3) is 0 Å². The van der Waals surface area contributed by atoms with Crippen LogP contribution in [0.5, 0.6) is 0 Å². The molecule has 1 rings (SSSR count). The third-order valence-corrected chi connectivity index (χ3v) is 8.49. The molecule has 0 bridgehead atoms. The lowest BCUT2D eigenvalue weighted by Crippen LogP contribution is -2.62. The first-order valence-corrected chi connectivity index (χ1v) is 19.6. The van der Waals surface area contributed by atoms with Gasteiger partial charge in [0.15, 0.2) is 12.6 Å². The molecule has 1 heterocycles. The molecule has 10 nitrogen and oxygen atoms in total. The highest BCUT2D eigenvalue weighted by molar-refractivity contribution is 4.93. The van der Waals surface area contributed by atoms with E-state index in [1.165, 1.54) is 0 Å². The molecule has 0 aromatic heterocycles. The first-order valence-electron chi connectivity index (χ1n) is 19.6. The third kappa shape index (κ3) is 19.8. The summed E-state index contributed by atoms with van der Waals surface area (Å²) in [5.41, 5.74) is 0. The van der Waals surface area contributed by atoms with Crippen molar-refractivity contribution in [1.29, 1.82) is 0 Å². The maximum atomic E-state index is 6.66. The first kappa shape index (κ1) is 45.6. The van der Waals surface area contributed by atoms with Crippen LogP contribution in [0.3, 0.4) is 0 Å². The summed E-state index contributed by atoms with van der Waals surface area (Å²) in [6, 6.07) is 0. The predicted molar refractivity (Wildman–Crippen MR) is 191 cm³/mol. The van der Waals surface area contributed by atoms with Gasteiger partial charge < -0.3 is 47.4 Å². The Morgan fingerprint density at radius 3 is 1.67 bits per heavy atom. The molecule has 288 valence electrons. The number of ether oxygens (including phenoxy) is 10. The number of hydrogen-bond acceptors (Lipinski definition) is 10. The van der Waals surface area contributed by atoms with E-state index < -0.39 is 30.9 Å². The smallest absolute Gasteiger partial charge is 0.186 e. The summed E-state index contributed by atoms with van der Waals surface area (Å²) in [6.07, 6.45) is 9.56. The average molecular weight is 693 g/mol. The van der Waals surface area contributed by atoms with Gasteiger partial charge >= 0.3 is 0 Å². The van der Waals surface area contributed by atoms with E-state index in [0.29, 0.717) is 59.3 Å². The number of unbranched alkanes of at least 4 members (excludes halogenated alkanes) is 6. The van der Waals surface area contributed by atoms with Crippen molar-refractivity contribution in [3.63, 3.8) is 0 Å². The number of methoxy groups -OCH3 is 1. The highest BCUT2D eigenvalue weighted by Crippen LogP contribution is 2.30. The average Bonchev–Trinajstić information content (AvgIpc) is 3.09. The lowest BCUT2D eigenvalue weighted by molar-refractivity contribution is -0.325. The Labute approximate surface area is 294 Å². The lowest BCUT2D eigenvalue weighted by atomic mass is 9.98. The molecule has 4 unspecified atom stereocenters. The maximum absolute atomic E-state index is 6.66.